The standard InChI is InChI=1S/C12H12N2O2/c1-2-13-11-10-4-3-9(12(15)16)7-8(10)5-6-14-11/h3-7H,2H2,1H3,(H,13,14)(H,15,16). The van der Waals surface area contributed by atoms with Crippen molar-refractivity contribution < 1.29 is 9.90 Å². The summed E-state index contributed by atoms with van der Waals surface area (Å²) in [5.74, 6) is -0.124. The molecular formula is C12H12N2O2. The van der Waals surface area contributed by atoms with Crippen LogP contribution in [0.1, 0.15) is 17.3 Å². The van der Waals surface area contributed by atoms with E-state index < -0.39 is 5.97 Å². The van der Waals surface area contributed by atoms with Crippen molar-refractivity contribution >= 4 is 22.6 Å². The quantitative estimate of drug-likeness (QED) is 0.826. The Morgan fingerprint density at radius 3 is 2.94 bits per heavy atom. The molecule has 16 heavy (non-hydrogen) atoms. The van der Waals surface area contributed by atoms with Crippen molar-refractivity contribution in [1.29, 1.82) is 0 Å². The maximum absolute atomic E-state index is 10.8. The van der Waals surface area contributed by atoms with Gasteiger partial charge >= 0.3 is 5.97 Å². The summed E-state index contributed by atoms with van der Waals surface area (Å²) in [4.78, 5) is 15.0. The molecule has 1 aromatic heterocycles. The molecule has 0 amide bonds. The van der Waals surface area contributed by atoms with Crippen molar-refractivity contribution in [2.45, 2.75) is 6.92 Å². The Balaban J connectivity index is 2.59. The summed E-state index contributed by atoms with van der Waals surface area (Å²) < 4.78 is 0. The van der Waals surface area contributed by atoms with Crippen molar-refractivity contribution in [3.05, 3.63) is 36.0 Å². The Labute approximate surface area is 92.9 Å². The summed E-state index contributed by atoms with van der Waals surface area (Å²) in [6.45, 7) is 2.78. The largest absolute Gasteiger partial charge is 0.478 e. The number of pyridine rings is 1. The number of hydrogen-bond donors (Lipinski definition) is 2. The zero-order chi connectivity index (χ0) is 11.5. The van der Waals surface area contributed by atoms with Gasteiger partial charge in [0.25, 0.3) is 0 Å². The Kier molecular flexibility index (Phi) is 2.72. The molecule has 4 heteroatoms. The number of anilines is 1. The molecule has 0 aliphatic rings. The molecule has 0 spiro atoms. The van der Waals surface area contributed by atoms with Crippen LogP contribution < -0.4 is 5.32 Å². The molecule has 0 radical (unpaired) electrons. The van der Waals surface area contributed by atoms with Crippen LogP contribution in [0.5, 0.6) is 0 Å². The van der Waals surface area contributed by atoms with Crippen molar-refractivity contribution in [3.63, 3.8) is 0 Å². The minimum atomic E-state index is -0.913. The third-order valence-electron chi connectivity index (χ3n) is 2.36. The summed E-state index contributed by atoms with van der Waals surface area (Å²) in [5, 5.41) is 13.8. The van der Waals surface area contributed by atoms with Gasteiger partial charge in [0.05, 0.1) is 5.56 Å². The van der Waals surface area contributed by atoms with Crippen LogP contribution in [0.4, 0.5) is 5.82 Å². The predicted molar refractivity (Wildman–Crippen MR) is 62.9 cm³/mol. The predicted octanol–water partition coefficient (Wildman–Crippen LogP) is 2.36. The molecule has 0 aliphatic carbocycles. The first-order valence-electron chi connectivity index (χ1n) is 5.08. The first-order chi connectivity index (χ1) is 7.72. The Hall–Kier alpha value is -2.10. The van der Waals surface area contributed by atoms with Crippen molar-refractivity contribution in [1.82, 2.24) is 4.98 Å². The van der Waals surface area contributed by atoms with Crippen LogP contribution in [-0.2, 0) is 0 Å². The van der Waals surface area contributed by atoms with Gasteiger partial charge in [-0.25, -0.2) is 9.78 Å². The van der Waals surface area contributed by atoms with Gasteiger partial charge in [-0.3, -0.25) is 0 Å². The van der Waals surface area contributed by atoms with Gasteiger partial charge < -0.3 is 10.4 Å². The van der Waals surface area contributed by atoms with E-state index in [0.29, 0.717) is 5.56 Å². The fraction of sp³-hybridized carbons (Fsp3) is 0.167. The van der Waals surface area contributed by atoms with Crippen LogP contribution in [0, 0.1) is 0 Å². The fourth-order valence-corrected chi connectivity index (χ4v) is 1.62. The third-order valence-corrected chi connectivity index (χ3v) is 2.36. The van der Waals surface area contributed by atoms with Gasteiger partial charge in [0.2, 0.25) is 0 Å². The minimum Gasteiger partial charge on any atom is -0.478 e. The number of carbonyl (C=O) groups is 1. The average molecular weight is 216 g/mol. The van der Waals surface area contributed by atoms with Crippen molar-refractivity contribution in [3.8, 4) is 0 Å². The molecule has 1 heterocycles. The molecule has 2 aromatic rings. The number of nitrogens with zero attached hydrogens (tertiary/aromatic N) is 1. The van der Waals surface area contributed by atoms with Crippen LogP contribution >= 0.6 is 0 Å². The molecule has 2 N–H and O–H groups in total. The third kappa shape index (κ3) is 1.82. The lowest BCUT2D eigenvalue weighted by molar-refractivity contribution is 0.0697. The number of aromatic nitrogens is 1. The summed E-state index contributed by atoms with van der Waals surface area (Å²) in [5.41, 5.74) is 0.293. The topological polar surface area (TPSA) is 62.2 Å². The zero-order valence-corrected chi connectivity index (χ0v) is 8.90. The lowest BCUT2D eigenvalue weighted by Gasteiger charge is -2.06. The lowest BCUT2D eigenvalue weighted by atomic mass is 10.1. The molecule has 2 rings (SSSR count). The zero-order valence-electron chi connectivity index (χ0n) is 8.90. The molecule has 0 atom stereocenters. The van der Waals surface area contributed by atoms with Gasteiger partial charge in [0.1, 0.15) is 5.82 Å². The molecule has 4 nitrogen and oxygen atoms in total. The highest BCUT2D eigenvalue weighted by atomic mass is 16.4. The van der Waals surface area contributed by atoms with Crippen LogP contribution in [-0.4, -0.2) is 22.6 Å². The minimum absolute atomic E-state index is 0.293. The molecule has 0 saturated carbocycles. The molecule has 0 aliphatic heterocycles. The number of hydrogen-bond acceptors (Lipinski definition) is 3. The normalized spacial score (nSPS) is 10.3. The highest BCUT2D eigenvalue weighted by Gasteiger charge is 2.06. The van der Waals surface area contributed by atoms with E-state index in [1.807, 2.05) is 13.0 Å². The van der Waals surface area contributed by atoms with Gasteiger partial charge in [0.15, 0.2) is 0 Å². The second-order valence-corrected chi connectivity index (χ2v) is 3.43. The van der Waals surface area contributed by atoms with Crippen molar-refractivity contribution in [2.24, 2.45) is 0 Å². The van der Waals surface area contributed by atoms with E-state index in [1.165, 1.54) is 0 Å². The van der Waals surface area contributed by atoms with Gasteiger partial charge in [-0.15, -0.1) is 0 Å². The first kappa shape index (κ1) is 10.4. The number of carboxylic acids is 1. The van der Waals surface area contributed by atoms with E-state index >= 15 is 0 Å². The second-order valence-electron chi connectivity index (χ2n) is 3.43. The number of rotatable bonds is 3. The van der Waals surface area contributed by atoms with Gasteiger partial charge in [-0.2, -0.15) is 0 Å². The van der Waals surface area contributed by atoms with E-state index in [0.717, 1.165) is 23.1 Å². The molecule has 0 unspecified atom stereocenters. The van der Waals surface area contributed by atoms with Crippen LogP contribution in [0.25, 0.3) is 10.8 Å². The molecule has 82 valence electrons. The van der Waals surface area contributed by atoms with Crippen LogP contribution in [0.15, 0.2) is 30.5 Å². The van der Waals surface area contributed by atoms with E-state index in [-0.39, 0.29) is 0 Å². The number of benzene rings is 1. The number of nitrogens with one attached hydrogen (secondary N) is 1. The van der Waals surface area contributed by atoms with E-state index in [1.54, 1.807) is 24.4 Å². The van der Waals surface area contributed by atoms with Crippen LogP contribution in [0.2, 0.25) is 0 Å². The molecule has 1 aromatic carbocycles. The van der Waals surface area contributed by atoms with Gasteiger partial charge in [0, 0.05) is 18.1 Å². The first-order valence-corrected chi connectivity index (χ1v) is 5.08. The molecule has 0 bridgehead atoms. The van der Waals surface area contributed by atoms with E-state index in [2.05, 4.69) is 10.3 Å². The monoisotopic (exact) mass is 216 g/mol. The SMILES string of the molecule is CCNc1nccc2cc(C(=O)O)ccc12. The number of aromatic carboxylic acids is 1. The summed E-state index contributed by atoms with van der Waals surface area (Å²) in [7, 11) is 0. The highest BCUT2D eigenvalue weighted by molar-refractivity contribution is 5.98. The van der Waals surface area contributed by atoms with Gasteiger partial charge in [-0.1, -0.05) is 0 Å². The maximum Gasteiger partial charge on any atom is 0.335 e. The molecule has 0 saturated heterocycles. The van der Waals surface area contributed by atoms with Gasteiger partial charge in [-0.05, 0) is 36.6 Å². The smallest absolute Gasteiger partial charge is 0.335 e. The van der Waals surface area contributed by atoms with Crippen LogP contribution in [0.3, 0.4) is 0 Å². The Morgan fingerprint density at radius 2 is 2.25 bits per heavy atom. The fourth-order valence-electron chi connectivity index (χ4n) is 1.62. The Bertz CT molecular complexity index is 538. The number of fused-ring (bicyclic) bond motifs is 1. The van der Waals surface area contributed by atoms with Crippen molar-refractivity contribution in [2.75, 3.05) is 11.9 Å². The average Bonchev–Trinajstić information content (AvgIpc) is 2.29. The number of carboxylic acid groups (broad SMARTS) is 1. The summed E-state index contributed by atoms with van der Waals surface area (Å²) in [6, 6.07) is 6.83. The summed E-state index contributed by atoms with van der Waals surface area (Å²) in [6.07, 6.45) is 1.67. The second kappa shape index (κ2) is 4.18. The van der Waals surface area contributed by atoms with E-state index in [4.69, 9.17) is 5.11 Å². The van der Waals surface area contributed by atoms with E-state index in [9.17, 15) is 4.79 Å². The maximum atomic E-state index is 10.8. The Morgan fingerprint density at radius 1 is 1.44 bits per heavy atom. The molecular weight excluding hydrogens is 204 g/mol. The highest BCUT2D eigenvalue weighted by Crippen LogP contribution is 2.22. The lowest BCUT2D eigenvalue weighted by Crippen LogP contribution is -2.00. The summed E-state index contributed by atoms with van der Waals surface area (Å²) >= 11 is 0. The molecule has 0 fully saturated rings.